The summed E-state index contributed by atoms with van der Waals surface area (Å²) in [6.45, 7) is 7.34. The highest BCUT2D eigenvalue weighted by Crippen LogP contribution is 2.27. The lowest BCUT2D eigenvalue weighted by Gasteiger charge is -2.23. The fourth-order valence-corrected chi connectivity index (χ4v) is 4.29. The first-order valence-electron chi connectivity index (χ1n) is 11.3. The molecule has 1 atom stereocenters. The van der Waals surface area contributed by atoms with Crippen LogP contribution in [0, 0.1) is 6.92 Å². The van der Waals surface area contributed by atoms with Gasteiger partial charge in [0.1, 0.15) is 11.6 Å². The van der Waals surface area contributed by atoms with Crippen LogP contribution in [0.2, 0.25) is 0 Å². The molecule has 5 nitrogen and oxygen atoms in total. The Labute approximate surface area is 206 Å². The summed E-state index contributed by atoms with van der Waals surface area (Å²) in [5, 5.41) is 5.72. The van der Waals surface area contributed by atoms with E-state index >= 15 is 0 Å². The maximum atomic E-state index is 13.2. The first kappa shape index (κ1) is 25.4. The number of hydrogen-bond donors (Lipinski definition) is 2. The van der Waals surface area contributed by atoms with Gasteiger partial charge in [-0.25, -0.2) is 4.79 Å². The summed E-state index contributed by atoms with van der Waals surface area (Å²) >= 11 is 1.75. The summed E-state index contributed by atoms with van der Waals surface area (Å²) in [6.07, 6.45) is -0.261. The van der Waals surface area contributed by atoms with E-state index in [1.54, 1.807) is 32.5 Å². The van der Waals surface area contributed by atoms with Crippen molar-refractivity contribution in [3.05, 3.63) is 95.6 Å². The summed E-state index contributed by atoms with van der Waals surface area (Å²) in [5.41, 5.74) is 3.24. The molecule has 0 aliphatic rings. The Morgan fingerprint density at radius 3 is 2.12 bits per heavy atom. The Kier molecular flexibility index (Phi) is 8.77. The van der Waals surface area contributed by atoms with Crippen molar-refractivity contribution in [1.82, 2.24) is 5.32 Å². The third kappa shape index (κ3) is 8.27. The zero-order chi connectivity index (χ0) is 24.6. The number of carbonyl (C=O) groups is 2. The van der Waals surface area contributed by atoms with Crippen molar-refractivity contribution in [2.75, 3.05) is 5.32 Å². The zero-order valence-electron chi connectivity index (χ0n) is 20.1. The summed E-state index contributed by atoms with van der Waals surface area (Å²) in [5.74, 6) is 0.591. The van der Waals surface area contributed by atoms with Crippen LogP contribution in [0.3, 0.4) is 0 Å². The monoisotopic (exact) mass is 476 g/mol. The highest BCUT2D eigenvalue weighted by Gasteiger charge is 2.25. The van der Waals surface area contributed by atoms with Gasteiger partial charge >= 0.3 is 6.09 Å². The second kappa shape index (κ2) is 11.7. The lowest BCUT2D eigenvalue weighted by molar-refractivity contribution is -0.118. The zero-order valence-corrected chi connectivity index (χ0v) is 20.9. The van der Waals surface area contributed by atoms with E-state index in [0.29, 0.717) is 6.42 Å². The molecule has 6 heteroatoms. The van der Waals surface area contributed by atoms with E-state index in [9.17, 15) is 9.59 Å². The summed E-state index contributed by atoms with van der Waals surface area (Å²) in [4.78, 5) is 26.7. The van der Waals surface area contributed by atoms with Gasteiger partial charge in [0.05, 0.1) is 0 Å². The predicted molar refractivity (Wildman–Crippen MR) is 139 cm³/mol. The van der Waals surface area contributed by atoms with E-state index in [4.69, 9.17) is 4.74 Å². The molecule has 3 aromatic rings. The summed E-state index contributed by atoms with van der Waals surface area (Å²) < 4.78 is 5.38. The Hall–Kier alpha value is -3.25. The maximum Gasteiger partial charge on any atom is 0.408 e. The number of carbonyl (C=O) groups excluding carboxylic acids is 2. The average molecular weight is 477 g/mol. The molecule has 0 bridgehead atoms. The number of benzene rings is 3. The van der Waals surface area contributed by atoms with E-state index in [1.807, 2.05) is 67.6 Å². The van der Waals surface area contributed by atoms with Crippen molar-refractivity contribution in [2.45, 2.75) is 56.4 Å². The predicted octanol–water partition coefficient (Wildman–Crippen LogP) is 6.36. The molecule has 0 saturated heterocycles. The van der Waals surface area contributed by atoms with Gasteiger partial charge in [0.25, 0.3) is 0 Å². The number of nitrogens with one attached hydrogen (secondary N) is 2. The third-order valence-corrected chi connectivity index (χ3v) is 6.06. The minimum Gasteiger partial charge on any atom is -0.444 e. The molecule has 0 aromatic heterocycles. The number of anilines is 1. The van der Waals surface area contributed by atoms with Crippen LogP contribution in [0.25, 0.3) is 0 Å². The van der Waals surface area contributed by atoms with Gasteiger partial charge in [0, 0.05) is 22.8 Å². The largest absolute Gasteiger partial charge is 0.444 e. The molecule has 1 unspecified atom stereocenters. The van der Waals surface area contributed by atoms with Crippen LogP contribution in [0.5, 0.6) is 0 Å². The number of rotatable bonds is 8. The Morgan fingerprint density at radius 1 is 0.912 bits per heavy atom. The Morgan fingerprint density at radius 2 is 1.53 bits per heavy atom. The van der Waals surface area contributed by atoms with Crippen LogP contribution >= 0.6 is 11.8 Å². The van der Waals surface area contributed by atoms with Crippen molar-refractivity contribution in [1.29, 1.82) is 0 Å². The molecule has 3 rings (SSSR count). The normalized spacial score (nSPS) is 12.0. The van der Waals surface area contributed by atoms with Gasteiger partial charge in [-0.15, -0.1) is 11.8 Å². The van der Waals surface area contributed by atoms with Gasteiger partial charge in [0.15, 0.2) is 0 Å². The van der Waals surface area contributed by atoms with Gasteiger partial charge < -0.3 is 15.4 Å². The van der Waals surface area contributed by atoms with Crippen LogP contribution < -0.4 is 10.6 Å². The van der Waals surface area contributed by atoms with Gasteiger partial charge in [-0.2, -0.15) is 0 Å². The lowest BCUT2D eigenvalue weighted by atomic mass is 10.0. The topological polar surface area (TPSA) is 67.4 Å². The molecule has 0 aliphatic heterocycles. The van der Waals surface area contributed by atoms with Crippen molar-refractivity contribution >= 4 is 29.4 Å². The standard InChI is InChI=1S/C28H32N2O3S/c1-20-17-23(34-19-22-13-9-6-10-14-22)15-16-24(20)29-26(31)25(18-21-11-7-5-8-12-21)30-27(32)33-28(2,3)4/h5-17,25H,18-19H2,1-4H3,(H,29,31)(H,30,32). The molecule has 0 radical (unpaired) electrons. The number of ether oxygens (including phenoxy) is 1. The van der Waals surface area contributed by atoms with Crippen LogP contribution in [0.15, 0.2) is 83.8 Å². The van der Waals surface area contributed by atoms with E-state index in [-0.39, 0.29) is 5.91 Å². The molecule has 178 valence electrons. The van der Waals surface area contributed by atoms with E-state index in [1.165, 1.54) is 5.56 Å². The quantitative estimate of drug-likeness (QED) is 0.371. The molecule has 34 heavy (non-hydrogen) atoms. The van der Waals surface area contributed by atoms with Crippen molar-refractivity contribution in [3.63, 3.8) is 0 Å². The minimum absolute atomic E-state index is 0.289. The molecule has 3 aromatic carbocycles. The van der Waals surface area contributed by atoms with Crippen molar-refractivity contribution in [3.8, 4) is 0 Å². The number of amides is 2. The van der Waals surface area contributed by atoms with E-state index in [2.05, 4.69) is 28.8 Å². The number of hydrogen-bond acceptors (Lipinski definition) is 4. The molecule has 0 saturated carbocycles. The minimum atomic E-state index is -0.774. The van der Waals surface area contributed by atoms with Crippen LogP contribution in [-0.2, 0) is 21.7 Å². The fraction of sp³-hybridized carbons (Fsp3) is 0.286. The molecule has 2 amide bonds. The van der Waals surface area contributed by atoms with E-state index in [0.717, 1.165) is 27.5 Å². The van der Waals surface area contributed by atoms with Gasteiger partial charge in [-0.1, -0.05) is 60.7 Å². The first-order valence-corrected chi connectivity index (χ1v) is 12.3. The molecule has 0 aliphatic carbocycles. The molecule has 0 heterocycles. The first-order chi connectivity index (χ1) is 16.2. The van der Waals surface area contributed by atoms with Gasteiger partial charge in [-0.3, -0.25) is 4.79 Å². The summed E-state index contributed by atoms with van der Waals surface area (Å²) in [7, 11) is 0. The van der Waals surface area contributed by atoms with Crippen LogP contribution in [-0.4, -0.2) is 23.6 Å². The fourth-order valence-electron chi connectivity index (χ4n) is 3.34. The van der Waals surface area contributed by atoms with Crippen LogP contribution in [0.1, 0.15) is 37.5 Å². The smallest absolute Gasteiger partial charge is 0.408 e. The molecular formula is C28H32N2O3S. The Balaban J connectivity index is 1.68. The molecule has 0 fully saturated rings. The van der Waals surface area contributed by atoms with Crippen molar-refractivity contribution in [2.24, 2.45) is 0 Å². The summed E-state index contributed by atoms with van der Waals surface area (Å²) in [6, 6.07) is 25.1. The van der Waals surface area contributed by atoms with Crippen molar-refractivity contribution < 1.29 is 14.3 Å². The SMILES string of the molecule is Cc1cc(SCc2ccccc2)ccc1NC(=O)C(Cc1ccccc1)NC(=O)OC(C)(C)C. The lowest BCUT2D eigenvalue weighted by Crippen LogP contribution is -2.47. The van der Waals surface area contributed by atoms with E-state index < -0.39 is 17.7 Å². The number of thioether (sulfide) groups is 1. The molecule has 0 spiro atoms. The third-order valence-electron chi connectivity index (χ3n) is 4.99. The molecular weight excluding hydrogens is 444 g/mol. The van der Waals surface area contributed by atoms with Gasteiger partial charge in [-0.05, 0) is 62.6 Å². The van der Waals surface area contributed by atoms with Gasteiger partial charge in [0.2, 0.25) is 5.91 Å². The maximum absolute atomic E-state index is 13.2. The number of aryl methyl sites for hydroxylation is 1. The second-order valence-electron chi connectivity index (χ2n) is 9.13. The molecule has 2 N–H and O–H groups in total. The van der Waals surface area contributed by atoms with Crippen LogP contribution in [0.4, 0.5) is 10.5 Å². The highest BCUT2D eigenvalue weighted by atomic mass is 32.2. The highest BCUT2D eigenvalue weighted by molar-refractivity contribution is 7.98. The Bertz CT molecular complexity index is 1100. The number of alkyl carbamates (subject to hydrolysis) is 1. The average Bonchev–Trinajstić information content (AvgIpc) is 2.79. The second-order valence-corrected chi connectivity index (χ2v) is 10.2.